The minimum atomic E-state index is -0.672. The lowest BCUT2D eigenvalue weighted by Gasteiger charge is -2.11. The van der Waals surface area contributed by atoms with E-state index in [9.17, 15) is 4.79 Å². The van der Waals surface area contributed by atoms with Gasteiger partial charge in [-0.15, -0.1) is 0 Å². The minimum Gasteiger partial charge on any atom is -0.481 e. The molecule has 0 bridgehead atoms. The summed E-state index contributed by atoms with van der Waals surface area (Å²) < 4.78 is 0. The summed E-state index contributed by atoms with van der Waals surface area (Å²) in [4.78, 5) is 10.5. The zero-order valence-electron chi connectivity index (χ0n) is 6.13. The third-order valence-corrected chi connectivity index (χ3v) is 2.20. The molecule has 10 heavy (non-hydrogen) atoms. The van der Waals surface area contributed by atoms with Gasteiger partial charge in [0.15, 0.2) is 0 Å². The monoisotopic (exact) mass is 143 g/mol. The highest BCUT2D eigenvalue weighted by Crippen LogP contribution is 2.18. The van der Waals surface area contributed by atoms with Crippen LogP contribution >= 0.6 is 0 Å². The Morgan fingerprint density at radius 2 is 2.50 bits per heavy atom. The van der Waals surface area contributed by atoms with E-state index in [1.807, 2.05) is 0 Å². The van der Waals surface area contributed by atoms with Crippen LogP contribution in [0, 0.1) is 11.8 Å². The van der Waals surface area contributed by atoms with Gasteiger partial charge in [0.1, 0.15) is 0 Å². The van der Waals surface area contributed by atoms with Crippen molar-refractivity contribution in [1.29, 1.82) is 0 Å². The molecule has 1 rings (SSSR count). The number of carbonyl (C=O) groups is 1. The van der Waals surface area contributed by atoms with Crippen LogP contribution in [0.5, 0.6) is 0 Å². The summed E-state index contributed by atoms with van der Waals surface area (Å²) in [7, 11) is 0. The first kappa shape index (κ1) is 7.54. The van der Waals surface area contributed by atoms with Crippen LogP contribution in [0.1, 0.15) is 13.3 Å². The molecule has 2 atom stereocenters. The fraction of sp³-hybridized carbons (Fsp3) is 0.857. The van der Waals surface area contributed by atoms with Crippen molar-refractivity contribution in [3.8, 4) is 0 Å². The van der Waals surface area contributed by atoms with Crippen molar-refractivity contribution in [1.82, 2.24) is 5.32 Å². The van der Waals surface area contributed by atoms with Gasteiger partial charge in [0, 0.05) is 0 Å². The molecular weight excluding hydrogens is 130 g/mol. The standard InChI is InChI=1S/C7H13NO2/c1-5(7(9)10)6-2-3-8-4-6/h5-6,8H,2-4H2,1H3,(H,9,10)/t5-,6-/m1/s1. The quantitative estimate of drug-likeness (QED) is 0.585. The van der Waals surface area contributed by atoms with Crippen LogP contribution in [0.25, 0.3) is 0 Å². The van der Waals surface area contributed by atoms with Gasteiger partial charge in [-0.05, 0) is 25.4 Å². The van der Waals surface area contributed by atoms with Crippen LogP contribution in [0.15, 0.2) is 0 Å². The first-order valence-corrected chi connectivity index (χ1v) is 3.65. The normalized spacial score (nSPS) is 28.3. The maximum absolute atomic E-state index is 10.5. The van der Waals surface area contributed by atoms with Crippen LogP contribution < -0.4 is 5.32 Å². The van der Waals surface area contributed by atoms with Crippen LogP contribution in [0.4, 0.5) is 0 Å². The second-order valence-electron chi connectivity index (χ2n) is 2.88. The predicted molar refractivity (Wildman–Crippen MR) is 37.8 cm³/mol. The molecule has 1 heterocycles. The SMILES string of the molecule is C[C@@H](C(=O)O)[C@@H]1CCNC1. The Morgan fingerprint density at radius 1 is 1.80 bits per heavy atom. The Hall–Kier alpha value is -0.570. The molecule has 1 fully saturated rings. The van der Waals surface area contributed by atoms with E-state index in [0.717, 1.165) is 19.5 Å². The average Bonchev–Trinajstić information content (AvgIpc) is 2.36. The second kappa shape index (κ2) is 3.01. The van der Waals surface area contributed by atoms with Crippen molar-refractivity contribution < 1.29 is 9.90 Å². The van der Waals surface area contributed by atoms with E-state index >= 15 is 0 Å². The average molecular weight is 143 g/mol. The van der Waals surface area contributed by atoms with E-state index in [1.54, 1.807) is 6.92 Å². The van der Waals surface area contributed by atoms with Crippen molar-refractivity contribution in [2.75, 3.05) is 13.1 Å². The molecule has 0 amide bonds. The molecule has 0 aliphatic carbocycles. The van der Waals surface area contributed by atoms with E-state index in [0.29, 0.717) is 5.92 Å². The molecule has 0 radical (unpaired) electrons. The molecule has 1 saturated heterocycles. The zero-order valence-corrected chi connectivity index (χ0v) is 6.13. The van der Waals surface area contributed by atoms with E-state index in [2.05, 4.69) is 5.32 Å². The molecule has 0 saturated carbocycles. The van der Waals surface area contributed by atoms with Gasteiger partial charge in [0.25, 0.3) is 0 Å². The van der Waals surface area contributed by atoms with Gasteiger partial charge in [-0.2, -0.15) is 0 Å². The van der Waals surface area contributed by atoms with Gasteiger partial charge in [-0.3, -0.25) is 4.79 Å². The Labute approximate surface area is 60.4 Å². The Morgan fingerprint density at radius 3 is 2.90 bits per heavy atom. The summed E-state index contributed by atoms with van der Waals surface area (Å²) in [6.07, 6.45) is 1.01. The molecular formula is C7H13NO2. The second-order valence-corrected chi connectivity index (χ2v) is 2.88. The fourth-order valence-electron chi connectivity index (χ4n) is 1.31. The number of aliphatic carboxylic acids is 1. The number of carboxylic acids is 1. The van der Waals surface area contributed by atoms with Crippen molar-refractivity contribution in [2.24, 2.45) is 11.8 Å². The number of hydrogen-bond donors (Lipinski definition) is 2. The molecule has 0 spiro atoms. The molecule has 58 valence electrons. The number of carboxylic acid groups (broad SMARTS) is 1. The number of rotatable bonds is 2. The van der Waals surface area contributed by atoms with Crippen molar-refractivity contribution in [3.05, 3.63) is 0 Å². The summed E-state index contributed by atoms with van der Waals surface area (Å²) in [5.41, 5.74) is 0. The first-order valence-electron chi connectivity index (χ1n) is 3.65. The summed E-state index contributed by atoms with van der Waals surface area (Å²) in [5.74, 6) is -0.513. The van der Waals surface area contributed by atoms with Gasteiger partial charge >= 0.3 is 5.97 Å². The van der Waals surface area contributed by atoms with Crippen LogP contribution in [-0.4, -0.2) is 24.2 Å². The maximum Gasteiger partial charge on any atom is 0.306 e. The largest absolute Gasteiger partial charge is 0.481 e. The van der Waals surface area contributed by atoms with Crippen LogP contribution in [-0.2, 0) is 4.79 Å². The highest BCUT2D eigenvalue weighted by molar-refractivity contribution is 5.69. The summed E-state index contributed by atoms with van der Waals surface area (Å²) in [6.45, 7) is 3.62. The first-order chi connectivity index (χ1) is 4.72. The molecule has 0 aromatic heterocycles. The van der Waals surface area contributed by atoms with E-state index in [1.165, 1.54) is 0 Å². The molecule has 1 aliphatic heterocycles. The Kier molecular flexibility index (Phi) is 2.27. The van der Waals surface area contributed by atoms with Gasteiger partial charge in [0.2, 0.25) is 0 Å². The van der Waals surface area contributed by atoms with E-state index in [-0.39, 0.29) is 5.92 Å². The highest BCUT2D eigenvalue weighted by Gasteiger charge is 2.25. The molecule has 2 N–H and O–H groups in total. The van der Waals surface area contributed by atoms with Gasteiger partial charge in [-0.1, -0.05) is 6.92 Å². The summed E-state index contributed by atoms with van der Waals surface area (Å²) in [5, 5.41) is 11.8. The minimum absolute atomic E-state index is 0.185. The van der Waals surface area contributed by atoms with Crippen molar-refractivity contribution in [3.63, 3.8) is 0 Å². The third-order valence-electron chi connectivity index (χ3n) is 2.20. The summed E-state index contributed by atoms with van der Waals surface area (Å²) >= 11 is 0. The zero-order chi connectivity index (χ0) is 7.56. The van der Waals surface area contributed by atoms with Crippen molar-refractivity contribution in [2.45, 2.75) is 13.3 Å². The number of nitrogens with one attached hydrogen (secondary N) is 1. The van der Waals surface area contributed by atoms with Gasteiger partial charge in [-0.25, -0.2) is 0 Å². The third kappa shape index (κ3) is 1.48. The lowest BCUT2D eigenvalue weighted by molar-refractivity contribution is -0.142. The smallest absolute Gasteiger partial charge is 0.306 e. The van der Waals surface area contributed by atoms with Crippen LogP contribution in [0.2, 0.25) is 0 Å². The van der Waals surface area contributed by atoms with Crippen molar-refractivity contribution >= 4 is 5.97 Å². The van der Waals surface area contributed by atoms with E-state index in [4.69, 9.17) is 5.11 Å². The topological polar surface area (TPSA) is 49.3 Å². The molecule has 3 nitrogen and oxygen atoms in total. The number of hydrogen-bond acceptors (Lipinski definition) is 2. The van der Waals surface area contributed by atoms with E-state index < -0.39 is 5.97 Å². The summed E-state index contributed by atoms with van der Waals surface area (Å²) in [6, 6.07) is 0. The van der Waals surface area contributed by atoms with Crippen LogP contribution in [0.3, 0.4) is 0 Å². The molecule has 0 aromatic carbocycles. The Bertz CT molecular complexity index is 130. The lowest BCUT2D eigenvalue weighted by atomic mass is 9.94. The van der Waals surface area contributed by atoms with Gasteiger partial charge < -0.3 is 10.4 Å². The molecule has 0 unspecified atom stereocenters. The lowest BCUT2D eigenvalue weighted by Crippen LogP contribution is -2.22. The molecule has 0 aromatic rings. The fourth-order valence-corrected chi connectivity index (χ4v) is 1.31. The molecule has 3 heteroatoms. The maximum atomic E-state index is 10.5. The van der Waals surface area contributed by atoms with Gasteiger partial charge in [0.05, 0.1) is 5.92 Å². The predicted octanol–water partition coefficient (Wildman–Crippen LogP) is 0.317. The highest BCUT2D eigenvalue weighted by atomic mass is 16.4. The Balaban J connectivity index is 2.39. The molecule has 1 aliphatic rings.